The fraction of sp³-hybridized carbons (Fsp3) is 0.500. The van der Waals surface area contributed by atoms with Crippen molar-refractivity contribution in [3.8, 4) is 11.1 Å². The van der Waals surface area contributed by atoms with Crippen LogP contribution >= 0.6 is 0 Å². The number of benzene rings is 1. The maximum atomic E-state index is 12.9. The van der Waals surface area contributed by atoms with Crippen molar-refractivity contribution >= 4 is 22.1 Å². The molecule has 5 rings (SSSR count). The van der Waals surface area contributed by atoms with Crippen LogP contribution in [0.15, 0.2) is 41.3 Å². The fourth-order valence-corrected chi connectivity index (χ4v) is 5.23. The van der Waals surface area contributed by atoms with Gasteiger partial charge >= 0.3 is 5.69 Å². The molecule has 8 heteroatoms. The summed E-state index contributed by atoms with van der Waals surface area (Å²) in [6.07, 6.45) is 6.55. The Morgan fingerprint density at radius 1 is 1.06 bits per heavy atom. The lowest BCUT2D eigenvalue weighted by atomic mass is 10.0. The van der Waals surface area contributed by atoms with E-state index in [4.69, 9.17) is 9.72 Å². The van der Waals surface area contributed by atoms with Crippen molar-refractivity contribution in [1.29, 1.82) is 0 Å². The first kappa shape index (κ1) is 24.6. The van der Waals surface area contributed by atoms with Gasteiger partial charge < -0.3 is 9.64 Å². The van der Waals surface area contributed by atoms with E-state index in [-0.39, 0.29) is 17.8 Å². The van der Waals surface area contributed by atoms with E-state index in [1.54, 1.807) is 16.2 Å². The number of aromatic nitrogens is 5. The summed E-state index contributed by atoms with van der Waals surface area (Å²) < 4.78 is 9.65. The third-order valence-corrected chi connectivity index (χ3v) is 7.21. The Morgan fingerprint density at radius 2 is 1.83 bits per heavy atom. The zero-order chi connectivity index (χ0) is 25.2. The molecule has 0 aliphatic carbocycles. The largest absolute Gasteiger partial charge is 0.371 e. The molecule has 1 aromatic carbocycles. The maximum Gasteiger partial charge on any atom is 0.330 e. The predicted octanol–water partition coefficient (Wildman–Crippen LogP) is 4.88. The van der Waals surface area contributed by atoms with Crippen LogP contribution in [0.3, 0.4) is 0 Å². The topological polar surface area (TPSA) is 78.1 Å². The van der Waals surface area contributed by atoms with Crippen molar-refractivity contribution in [2.75, 3.05) is 26.2 Å². The van der Waals surface area contributed by atoms with Gasteiger partial charge in [0.15, 0.2) is 5.65 Å². The number of ether oxygens (including phenoxy) is 1. The predicted molar refractivity (Wildman–Crippen MR) is 143 cm³/mol. The highest BCUT2D eigenvalue weighted by atomic mass is 16.5. The fourth-order valence-electron chi connectivity index (χ4n) is 5.23. The molecule has 190 valence electrons. The molecule has 0 bridgehead atoms. The standard InChI is InChI=1S/C28H36N6O2/c1-5-8-25(36-16-15-33-13-6-7-14-33)24-12-10-21(18-29-24)20-9-11-23-22(17-20)26-27(31-30-23)32(4)28(35)34(26)19(2)3/h9-12,17-19,25H,5-8,13-16H2,1-4H3. The van der Waals surface area contributed by atoms with Gasteiger partial charge in [0, 0.05) is 36.8 Å². The van der Waals surface area contributed by atoms with Crippen LogP contribution in [0, 0.1) is 0 Å². The summed E-state index contributed by atoms with van der Waals surface area (Å²) >= 11 is 0. The van der Waals surface area contributed by atoms with E-state index in [0.29, 0.717) is 5.65 Å². The lowest BCUT2D eigenvalue weighted by molar-refractivity contribution is 0.0317. The molecule has 1 atom stereocenters. The molecule has 0 radical (unpaired) electrons. The summed E-state index contributed by atoms with van der Waals surface area (Å²) in [5.74, 6) is 0. The Bertz CT molecular complexity index is 1400. The van der Waals surface area contributed by atoms with Gasteiger partial charge in [-0.1, -0.05) is 25.5 Å². The van der Waals surface area contributed by atoms with Crippen molar-refractivity contribution in [2.45, 2.75) is 58.6 Å². The minimum absolute atomic E-state index is 0.0131. The van der Waals surface area contributed by atoms with Gasteiger partial charge in [-0.25, -0.2) is 4.79 Å². The lowest BCUT2D eigenvalue weighted by Gasteiger charge is -2.20. The average Bonchev–Trinajstić information content (AvgIpc) is 3.50. The third-order valence-electron chi connectivity index (χ3n) is 7.21. The van der Waals surface area contributed by atoms with Crippen molar-refractivity contribution < 1.29 is 4.74 Å². The molecule has 0 spiro atoms. The van der Waals surface area contributed by atoms with Crippen LogP contribution < -0.4 is 5.69 Å². The van der Waals surface area contributed by atoms with Crippen LogP contribution in [0.4, 0.5) is 0 Å². The van der Waals surface area contributed by atoms with Gasteiger partial charge in [0.2, 0.25) is 0 Å². The minimum atomic E-state index is -0.0788. The molecule has 0 saturated carbocycles. The van der Waals surface area contributed by atoms with E-state index < -0.39 is 0 Å². The van der Waals surface area contributed by atoms with Crippen molar-refractivity contribution in [1.82, 2.24) is 29.2 Å². The van der Waals surface area contributed by atoms with E-state index in [1.165, 1.54) is 25.9 Å². The van der Waals surface area contributed by atoms with Gasteiger partial charge in [-0.05, 0) is 70.0 Å². The second-order valence-electron chi connectivity index (χ2n) is 10.1. The normalized spacial score (nSPS) is 15.5. The SMILES string of the molecule is CCCC(OCCN1CCCC1)c1ccc(-c2ccc3nnc4c(c3c2)n(C(C)C)c(=O)n4C)cn1. The van der Waals surface area contributed by atoms with Gasteiger partial charge in [-0.2, -0.15) is 0 Å². The third kappa shape index (κ3) is 4.67. The highest BCUT2D eigenvalue weighted by molar-refractivity contribution is 6.02. The summed E-state index contributed by atoms with van der Waals surface area (Å²) in [4.78, 5) is 20.1. The second kappa shape index (κ2) is 10.5. The van der Waals surface area contributed by atoms with E-state index in [1.807, 2.05) is 32.2 Å². The summed E-state index contributed by atoms with van der Waals surface area (Å²) in [6.45, 7) is 10.3. The Kier molecular flexibility index (Phi) is 7.16. The molecule has 8 nitrogen and oxygen atoms in total. The van der Waals surface area contributed by atoms with Crippen molar-refractivity contribution in [3.05, 3.63) is 52.7 Å². The zero-order valence-electron chi connectivity index (χ0n) is 21.8. The number of pyridine rings is 1. The Morgan fingerprint density at radius 3 is 2.53 bits per heavy atom. The summed E-state index contributed by atoms with van der Waals surface area (Å²) in [7, 11) is 1.75. The first-order chi connectivity index (χ1) is 17.5. The number of fused-ring (bicyclic) bond motifs is 3. The van der Waals surface area contributed by atoms with Crippen molar-refractivity contribution in [3.63, 3.8) is 0 Å². The number of rotatable bonds is 9. The zero-order valence-corrected chi connectivity index (χ0v) is 21.8. The molecule has 1 fully saturated rings. The smallest absolute Gasteiger partial charge is 0.330 e. The van der Waals surface area contributed by atoms with E-state index in [2.05, 4.69) is 40.2 Å². The molecule has 0 N–H and O–H groups in total. The first-order valence-corrected chi connectivity index (χ1v) is 13.2. The van der Waals surface area contributed by atoms with Gasteiger partial charge in [0.1, 0.15) is 5.52 Å². The first-order valence-electron chi connectivity index (χ1n) is 13.2. The molecule has 4 heterocycles. The summed E-state index contributed by atoms with van der Waals surface area (Å²) in [5, 5.41) is 9.63. The summed E-state index contributed by atoms with van der Waals surface area (Å²) in [5.41, 5.74) is 5.14. The van der Waals surface area contributed by atoms with Crippen LogP contribution in [0.2, 0.25) is 0 Å². The Hall–Kier alpha value is -3.10. The second-order valence-corrected chi connectivity index (χ2v) is 10.1. The number of likely N-dealkylation sites (tertiary alicyclic amines) is 1. The van der Waals surface area contributed by atoms with Crippen LogP contribution in [0.25, 0.3) is 33.2 Å². The number of hydrogen-bond acceptors (Lipinski definition) is 6. The molecule has 1 saturated heterocycles. The van der Waals surface area contributed by atoms with Gasteiger partial charge in [0.05, 0.1) is 23.9 Å². The number of hydrogen-bond donors (Lipinski definition) is 0. The van der Waals surface area contributed by atoms with E-state index in [0.717, 1.165) is 59.2 Å². The monoisotopic (exact) mass is 488 g/mol. The highest BCUT2D eigenvalue weighted by Crippen LogP contribution is 2.30. The Balaban J connectivity index is 1.43. The minimum Gasteiger partial charge on any atom is -0.371 e. The quantitative estimate of drug-likeness (QED) is 0.334. The summed E-state index contributed by atoms with van der Waals surface area (Å²) in [6, 6.07) is 10.3. The van der Waals surface area contributed by atoms with Crippen LogP contribution in [0.5, 0.6) is 0 Å². The molecule has 3 aromatic heterocycles. The number of nitrogens with zero attached hydrogens (tertiary/aromatic N) is 6. The number of imidazole rings is 1. The van der Waals surface area contributed by atoms with E-state index in [9.17, 15) is 4.79 Å². The Labute approximate surface area is 211 Å². The molecule has 0 amide bonds. The van der Waals surface area contributed by atoms with Gasteiger partial charge in [-0.3, -0.25) is 14.1 Å². The van der Waals surface area contributed by atoms with Crippen LogP contribution in [-0.4, -0.2) is 55.5 Å². The maximum absolute atomic E-state index is 12.9. The van der Waals surface area contributed by atoms with Gasteiger partial charge in [-0.15, -0.1) is 10.2 Å². The lowest BCUT2D eigenvalue weighted by Crippen LogP contribution is -2.25. The van der Waals surface area contributed by atoms with Crippen molar-refractivity contribution in [2.24, 2.45) is 7.05 Å². The highest BCUT2D eigenvalue weighted by Gasteiger charge is 2.19. The van der Waals surface area contributed by atoms with E-state index >= 15 is 0 Å². The molecular weight excluding hydrogens is 452 g/mol. The molecule has 1 unspecified atom stereocenters. The van der Waals surface area contributed by atoms with Gasteiger partial charge in [0.25, 0.3) is 0 Å². The molecular formula is C28H36N6O2. The average molecular weight is 489 g/mol. The number of aryl methyl sites for hydroxylation is 1. The van der Waals surface area contributed by atoms with Crippen LogP contribution in [0.1, 0.15) is 64.3 Å². The molecule has 1 aliphatic rings. The molecule has 1 aliphatic heterocycles. The molecule has 36 heavy (non-hydrogen) atoms. The van der Waals surface area contributed by atoms with Crippen LogP contribution in [-0.2, 0) is 11.8 Å². The molecule has 4 aromatic rings.